The number of rotatable bonds is 5. The molecule has 25 heavy (non-hydrogen) atoms. The number of methoxy groups -OCH3 is 1. The van der Waals surface area contributed by atoms with Gasteiger partial charge in [0, 0.05) is 6.54 Å². The Kier molecular flexibility index (Phi) is 4.79. The molecule has 0 bridgehead atoms. The lowest BCUT2D eigenvalue weighted by atomic mass is 10.2. The van der Waals surface area contributed by atoms with E-state index in [-0.39, 0.29) is 5.91 Å². The number of amides is 1. The van der Waals surface area contributed by atoms with E-state index in [1.165, 1.54) is 16.9 Å². The van der Waals surface area contributed by atoms with Gasteiger partial charge in [0.1, 0.15) is 17.3 Å². The SMILES string of the molecule is COc1cccc(CNC(=O)c2cnn(-c3ccccc3F)c2C)c1. The molecule has 1 amide bonds. The molecule has 0 fully saturated rings. The zero-order valence-corrected chi connectivity index (χ0v) is 14.0. The molecule has 3 rings (SSSR count). The number of nitrogens with zero attached hydrogens (tertiary/aromatic N) is 2. The molecule has 2 aromatic carbocycles. The summed E-state index contributed by atoms with van der Waals surface area (Å²) in [5.74, 6) is 0.0789. The van der Waals surface area contributed by atoms with Gasteiger partial charge in [-0.25, -0.2) is 9.07 Å². The third-order valence-electron chi connectivity index (χ3n) is 3.92. The van der Waals surface area contributed by atoms with Gasteiger partial charge in [0.05, 0.1) is 24.6 Å². The van der Waals surface area contributed by atoms with Gasteiger partial charge in [-0.2, -0.15) is 5.10 Å². The second-order valence-corrected chi connectivity index (χ2v) is 5.54. The van der Waals surface area contributed by atoms with Crippen molar-refractivity contribution in [1.82, 2.24) is 15.1 Å². The molecule has 0 atom stereocenters. The zero-order chi connectivity index (χ0) is 17.8. The number of hydrogen-bond donors (Lipinski definition) is 1. The summed E-state index contributed by atoms with van der Waals surface area (Å²) in [5, 5.41) is 6.99. The van der Waals surface area contributed by atoms with Crippen molar-refractivity contribution in [3.8, 4) is 11.4 Å². The maximum Gasteiger partial charge on any atom is 0.255 e. The smallest absolute Gasteiger partial charge is 0.255 e. The molecular formula is C19H18FN3O2. The van der Waals surface area contributed by atoms with E-state index in [0.717, 1.165) is 11.3 Å². The van der Waals surface area contributed by atoms with E-state index < -0.39 is 5.82 Å². The van der Waals surface area contributed by atoms with Gasteiger partial charge in [0.15, 0.2) is 0 Å². The van der Waals surface area contributed by atoms with Crippen LogP contribution < -0.4 is 10.1 Å². The minimum atomic E-state index is -0.392. The fourth-order valence-corrected chi connectivity index (χ4v) is 2.56. The minimum absolute atomic E-state index is 0.261. The van der Waals surface area contributed by atoms with Crippen LogP contribution in [0, 0.1) is 12.7 Å². The van der Waals surface area contributed by atoms with Gasteiger partial charge in [0.2, 0.25) is 0 Å². The van der Waals surface area contributed by atoms with Crippen LogP contribution >= 0.6 is 0 Å². The molecule has 0 aliphatic heterocycles. The molecule has 128 valence electrons. The lowest BCUT2D eigenvalue weighted by molar-refractivity contribution is 0.0950. The van der Waals surface area contributed by atoms with Crippen molar-refractivity contribution in [2.24, 2.45) is 0 Å². The minimum Gasteiger partial charge on any atom is -0.497 e. The first-order valence-corrected chi connectivity index (χ1v) is 7.81. The molecule has 0 unspecified atom stereocenters. The van der Waals surface area contributed by atoms with Gasteiger partial charge in [-0.15, -0.1) is 0 Å². The molecule has 3 aromatic rings. The Morgan fingerprint density at radius 3 is 2.80 bits per heavy atom. The molecule has 0 saturated carbocycles. The number of carbonyl (C=O) groups is 1. The van der Waals surface area contributed by atoms with Crippen LogP contribution in [0.25, 0.3) is 5.69 Å². The summed E-state index contributed by atoms with van der Waals surface area (Å²) in [5.41, 5.74) is 2.22. The number of halogens is 1. The normalized spacial score (nSPS) is 10.5. The number of aromatic nitrogens is 2. The maximum atomic E-state index is 13.9. The van der Waals surface area contributed by atoms with Crippen LogP contribution in [0.1, 0.15) is 21.6 Å². The predicted molar refractivity (Wildman–Crippen MR) is 92.4 cm³/mol. The van der Waals surface area contributed by atoms with Crippen molar-refractivity contribution in [1.29, 1.82) is 0 Å². The van der Waals surface area contributed by atoms with Gasteiger partial charge in [-0.3, -0.25) is 4.79 Å². The maximum absolute atomic E-state index is 13.9. The van der Waals surface area contributed by atoms with Crippen LogP contribution in [-0.2, 0) is 6.54 Å². The summed E-state index contributed by atoms with van der Waals surface area (Å²) >= 11 is 0. The van der Waals surface area contributed by atoms with E-state index in [1.807, 2.05) is 24.3 Å². The van der Waals surface area contributed by atoms with Crippen molar-refractivity contribution in [2.75, 3.05) is 7.11 Å². The van der Waals surface area contributed by atoms with Crippen LogP contribution in [0.5, 0.6) is 5.75 Å². The Labute approximate surface area is 145 Å². The quantitative estimate of drug-likeness (QED) is 0.776. The molecule has 0 aliphatic rings. The summed E-state index contributed by atoms with van der Waals surface area (Å²) in [6, 6.07) is 13.8. The lowest BCUT2D eigenvalue weighted by Crippen LogP contribution is -2.23. The molecule has 0 radical (unpaired) electrons. The second kappa shape index (κ2) is 7.17. The molecule has 1 aromatic heterocycles. The zero-order valence-electron chi connectivity index (χ0n) is 14.0. The van der Waals surface area contributed by atoms with Crippen LogP contribution in [-0.4, -0.2) is 22.8 Å². The van der Waals surface area contributed by atoms with Gasteiger partial charge < -0.3 is 10.1 Å². The number of benzene rings is 2. The molecule has 6 heteroatoms. The summed E-state index contributed by atoms with van der Waals surface area (Å²) in [6.07, 6.45) is 1.45. The summed E-state index contributed by atoms with van der Waals surface area (Å²) in [7, 11) is 1.60. The number of para-hydroxylation sites is 1. The van der Waals surface area contributed by atoms with Gasteiger partial charge in [-0.1, -0.05) is 24.3 Å². The molecular weight excluding hydrogens is 321 g/mol. The largest absolute Gasteiger partial charge is 0.497 e. The number of carbonyl (C=O) groups excluding carboxylic acids is 1. The van der Waals surface area contributed by atoms with E-state index in [2.05, 4.69) is 10.4 Å². The third-order valence-corrected chi connectivity index (χ3v) is 3.92. The summed E-state index contributed by atoms with van der Waals surface area (Å²) in [6.45, 7) is 2.10. The monoisotopic (exact) mass is 339 g/mol. The number of nitrogens with one attached hydrogen (secondary N) is 1. The van der Waals surface area contributed by atoms with Crippen LogP contribution in [0.3, 0.4) is 0 Å². The average molecular weight is 339 g/mol. The third kappa shape index (κ3) is 3.52. The molecule has 0 saturated heterocycles. The van der Waals surface area contributed by atoms with Crippen LogP contribution in [0.4, 0.5) is 4.39 Å². The van der Waals surface area contributed by atoms with E-state index >= 15 is 0 Å². The molecule has 1 heterocycles. The Hall–Kier alpha value is -3.15. The first-order chi connectivity index (χ1) is 12.1. The number of ether oxygens (including phenoxy) is 1. The van der Waals surface area contributed by atoms with E-state index in [4.69, 9.17) is 4.74 Å². The van der Waals surface area contributed by atoms with Gasteiger partial charge >= 0.3 is 0 Å². The molecule has 0 aliphatic carbocycles. The second-order valence-electron chi connectivity index (χ2n) is 5.54. The highest BCUT2D eigenvalue weighted by Gasteiger charge is 2.16. The van der Waals surface area contributed by atoms with Crippen molar-refractivity contribution in [3.63, 3.8) is 0 Å². The molecule has 1 N–H and O–H groups in total. The highest BCUT2D eigenvalue weighted by molar-refractivity contribution is 5.95. The highest BCUT2D eigenvalue weighted by atomic mass is 19.1. The highest BCUT2D eigenvalue weighted by Crippen LogP contribution is 2.17. The van der Waals surface area contributed by atoms with E-state index in [0.29, 0.717) is 23.5 Å². The standard InChI is InChI=1S/C19H18FN3O2/c1-13-16(12-22-23(13)18-9-4-3-8-17(18)20)19(24)21-11-14-6-5-7-15(10-14)25-2/h3-10,12H,11H2,1-2H3,(H,21,24). The van der Waals surface area contributed by atoms with E-state index in [9.17, 15) is 9.18 Å². The van der Waals surface area contributed by atoms with E-state index in [1.54, 1.807) is 32.2 Å². The number of hydrogen-bond acceptors (Lipinski definition) is 3. The van der Waals surface area contributed by atoms with Gasteiger partial charge in [-0.05, 0) is 36.8 Å². The first kappa shape index (κ1) is 16.7. The topological polar surface area (TPSA) is 56.1 Å². The van der Waals surface area contributed by atoms with Crippen molar-refractivity contribution < 1.29 is 13.9 Å². The Balaban J connectivity index is 1.76. The Morgan fingerprint density at radius 2 is 2.04 bits per heavy atom. The predicted octanol–water partition coefficient (Wildman–Crippen LogP) is 3.26. The molecule has 5 nitrogen and oxygen atoms in total. The fraction of sp³-hybridized carbons (Fsp3) is 0.158. The average Bonchev–Trinajstić information content (AvgIpc) is 3.01. The van der Waals surface area contributed by atoms with Crippen LogP contribution in [0.15, 0.2) is 54.7 Å². The summed E-state index contributed by atoms with van der Waals surface area (Å²) in [4.78, 5) is 12.4. The molecule has 0 spiro atoms. The first-order valence-electron chi connectivity index (χ1n) is 7.81. The van der Waals surface area contributed by atoms with Crippen molar-refractivity contribution >= 4 is 5.91 Å². The lowest BCUT2D eigenvalue weighted by Gasteiger charge is -2.08. The van der Waals surface area contributed by atoms with Crippen molar-refractivity contribution in [3.05, 3.63) is 77.4 Å². The summed E-state index contributed by atoms with van der Waals surface area (Å²) < 4.78 is 20.5. The van der Waals surface area contributed by atoms with Crippen LogP contribution in [0.2, 0.25) is 0 Å². The van der Waals surface area contributed by atoms with Crippen molar-refractivity contribution in [2.45, 2.75) is 13.5 Å². The fourth-order valence-electron chi connectivity index (χ4n) is 2.56. The Bertz CT molecular complexity index is 905. The van der Waals surface area contributed by atoms with Gasteiger partial charge in [0.25, 0.3) is 5.91 Å². The Morgan fingerprint density at radius 1 is 1.24 bits per heavy atom.